The maximum absolute atomic E-state index is 11.5. The molecule has 0 aliphatic rings. The number of esters is 3. The highest BCUT2D eigenvalue weighted by molar-refractivity contribution is 14.1. The van der Waals surface area contributed by atoms with E-state index in [4.69, 9.17) is 14.2 Å². The second-order valence-electron chi connectivity index (χ2n) is 6.25. The van der Waals surface area contributed by atoms with Gasteiger partial charge < -0.3 is 19.1 Å². The summed E-state index contributed by atoms with van der Waals surface area (Å²) in [5.41, 5.74) is 0. The van der Waals surface area contributed by atoms with E-state index in [1.54, 1.807) is 20.8 Å². The van der Waals surface area contributed by atoms with Crippen LogP contribution in [-0.4, -0.2) is 74.0 Å². The van der Waals surface area contributed by atoms with E-state index in [0.29, 0.717) is 19.8 Å². The van der Waals surface area contributed by atoms with E-state index in [0.717, 1.165) is 38.9 Å². The summed E-state index contributed by atoms with van der Waals surface area (Å²) in [6, 6.07) is 0. The standard InChI is InChI=1S/C18H30I3NO6/c1-13(19)16(23)26-10-4-7-22(8-5-11-27-17(24)14(2)20)9-6-12-28-18(25)15(3)21/h13-15H,4-12H2,1-3H3. The van der Waals surface area contributed by atoms with Gasteiger partial charge in [0.05, 0.1) is 19.8 Å². The van der Waals surface area contributed by atoms with Crippen LogP contribution in [0.2, 0.25) is 0 Å². The molecule has 0 saturated carbocycles. The lowest BCUT2D eigenvalue weighted by atomic mass is 10.3. The first-order chi connectivity index (χ1) is 13.1. The second-order valence-corrected chi connectivity index (χ2v) is 11.9. The van der Waals surface area contributed by atoms with Gasteiger partial charge in [-0.05, 0) is 40.0 Å². The zero-order chi connectivity index (χ0) is 21.5. The van der Waals surface area contributed by atoms with Crippen LogP contribution in [0.3, 0.4) is 0 Å². The van der Waals surface area contributed by atoms with Crippen molar-refractivity contribution in [2.75, 3.05) is 39.5 Å². The maximum atomic E-state index is 11.5. The molecule has 164 valence electrons. The lowest BCUT2D eigenvalue weighted by molar-refractivity contribution is -0.143. The van der Waals surface area contributed by atoms with Crippen molar-refractivity contribution in [1.82, 2.24) is 4.90 Å². The van der Waals surface area contributed by atoms with Crippen LogP contribution < -0.4 is 0 Å². The molecule has 3 unspecified atom stereocenters. The van der Waals surface area contributed by atoms with Gasteiger partial charge in [0.2, 0.25) is 0 Å². The van der Waals surface area contributed by atoms with Crippen LogP contribution in [0.1, 0.15) is 40.0 Å². The van der Waals surface area contributed by atoms with Crippen LogP contribution in [0.4, 0.5) is 0 Å². The minimum Gasteiger partial charge on any atom is -0.465 e. The monoisotopic (exact) mass is 737 g/mol. The summed E-state index contributed by atoms with van der Waals surface area (Å²) in [5, 5.41) is 0. The first-order valence-corrected chi connectivity index (χ1v) is 13.0. The summed E-state index contributed by atoms with van der Waals surface area (Å²) < 4.78 is 15.2. The van der Waals surface area contributed by atoms with E-state index in [1.807, 2.05) is 67.8 Å². The minimum absolute atomic E-state index is 0.154. The Morgan fingerprint density at radius 1 is 0.643 bits per heavy atom. The summed E-state index contributed by atoms with van der Waals surface area (Å²) >= 11 is 6.09. The average molecular weight is 737 g/mol. The van der Waals surface area contributed by atoms with Crippen molar-refractivity contribution in [2.24, 2.45) is 0 Å². The summed E-state index contributed by atoms with van der Waals surface area (Å²) in [6.45, 7) is 8.81. The minimum atomic E-state index is -0.202. The third kappa shape index (κ3) is 15.4. The Balaban J connectivity index is 4.23. The maximum Gasteiger partial charge on any atom is 0.318 e. The molecule has 0 spiro atoms. The number of rotatable bonds is 15. The first-order valence-electron chi connectivity index (χ1n) is 9.29. The molecule has 10 heteroatoms. The van der Waals surface area contributed by atoms with Crippen molar-refractivity contribution in [1.29, 1.82) is 0 Å². The molecule has 28 heavy (non-hydrogen) atoms. The molecule has 7 nitrogen and oxygen atoms in total. The van der Waals surface area contributed by atoms with Crippen LogP contribution in [0.5, 0.6) is 0 Å². The summed E-state index contributed by atoms with van der Waals surface area (Å²) in [6.07, 6.45) is 2.18. The van der Waals surface area contributed by atoms with E-state index in [9.17, 15) is 14.4 Å². The SMILES string of the molecule is CC(I)C(=O)OCCCN(CCCOC(=O)C(C)I)CCCOC(=O)C(C)I. The fourth-order valence-electron chi connectivity index (χ4n) is 2.06. The van der Waals surface area contributed by atoms with Gasteiger partial charge in [0.1, 0.15) is 11.8 Å². The highest BCUT2D eigenvalue weighted by Crippen LogP contribution is 2.05. The molecule has 0 saturated heterocycles. The van der Waals surface area contributed by atoms with Gasteiger partial charge in [0, 0.05) is 19.6 Å². The van der Waals surface area contributed by atoms with Crippen LogP contribution in [0.15, 0.2) is 0 Å². The van der Waals surface area contributed by atoms with E-state index >= 15 is 0 Å². The predicted molar refractivity (Wildman–Crippen MR) is 134 cm³/mol. The van der Waals surface area contributed by atoms with Gasteiger partial charge in [-0.1, -0.05) is 67.8 Å². The molecule has 0 amide bonds. The lowest BCUT2D eigenvalue weighted by Crippen LogP contribution is -2.30. The molecule has 0 aromatic heterocycles. The number of halogens is 3. The van der Waals surface area contributed by atoms with Gasteiger partial charge in [0.15, 0.2) is 0 Å². The van der Waals surface area contributed by atoms with Crippen molar-refractivity contribution in [3.63, 3.8) is 0 Å². The molecule has 0 heterocycles. The Morgan fingerprint density at radius 2 is 0.893 bits per heavy atom. The van der Waals surface area contributed by atoms with E-state index < -0.39 is 0 Å². The van der Waals surface area contributed by atoms with Crippen molar-refractivity contribution < 1.29 is 28.6 Å². The molecule has 0 aliphatic heterocycles. The summed E-state index contributed by atoms with van der Waals surface area (Å²) in [4.78, 5) is 36.7. The molecule has 0 radical (unpaired) electrons. The van der Waals surface area contributed by atoms with E-state index in [1.165, 1.54) is 0 Å². The number of carbonyl (C=O) groups excluding carboxylic acids is 3. The zero-order valence-corrected chi connectivity index (χ0v) is 23.1. The number of hydrogen-bond donors (Lipinski definition) is 0. The number of ether oxygens (including phenoxy) is 3. The Morgan fingerprint density at radius 3 is 1.11 bits per heavy atom. The van der Waals surface area contributed by atoms with Gasteiger partial charge in [-0.2, -0.15) is 0 Å². The fourth-order valence-corrected chi connectivity index (χ4v) is 2.60. The Kier molecular flexibility index (Phi) is 17.6. The molecule has 0 bridgehead atoms. The number of alkyl halides is 3. The molecule has 3 atom stereocenters. The predicted octanol–water partition coefficient (Wildman–Crippen LogP) is 3.56. The normalized spacial score (nSPS) is 14.2. The van der Waals surface area contributed by atoms with Crippen LogP contribution in [0.25, 0.3) is 0 Å². The van der Waals surface area contributed by atoms with Gasteiger partial charge in [-0.25, -0.2) is 0 Å². The van der Waals surface area contributed by atoms with Crippen molar-refractivity contribution in [3.05, 3.63) is 0 Å². The Labute approximate surface area is 208 Å². The van der Waals surface area contributed by atoms with Gasteiger partial charge in [0.25, 0.3) is 0 Å². The lowest BCUT2D eigenvalue weighted by Gasteiger charge is -2.22. The van der Waals surface area contributed by atoms with Gasteiger partial charge >= 0.3 is 17.9 Å². The first kappa shape index (κ1) is 28.6. The topological polar surface area (TPSA) is 82.1 Å². The average Bonchev–Trinajstić information content (AvgIpc) is 2.63. The highest BCUT2D eigenvalue weighted by Gasteiger charge is 2.13. The van der Waals surface area contributed by atoms with Crippen LogP contribution in [0, 0.1) is 0 Å². The molecule has 0 fully saturated rings. The van der Waals surface area contributed by atoms with Crippen LogP contribution in [-0.2, 0) is 28.6 Å². The largest absolute Gasteiger partial charge is 0.465 e. The Hall–Kier alpha value is 0.560. The van der Waals surface area contributed by atoms with Gasteiger partial charge in [-0.3, -0.25) is 14.4 Å². The smallest absolute Gasteiger partial charge is 0.318 e. The quantitative estimate of drug-likeness (QED) is 0.0837. The van der Waals surface area contributed by atoms with Gasteiger partial charge in [-0.15, -0.1) is 0 Å². The molecule has 0 rings (SSSR count). The van der Waals surface area contributed by atoms with E-state index in [-0.39, 0.29) is 29.7 Å². The number of nitrogens with zero attached hydrogens (tertiary/aromatic N) is 1. The molecular formula is C18H30I3NO6. The third-order valence-corrected chi connectivity index (χ3v) is 5.09. The molecule has 0 aromatic carbocycles. The third-order valence-electron chi connectivity index (χ3n) is 3.56. The van der Waals surface area contributed by atoms with Crippen LogP contribution >= 0.6 is 67.8 Å². The van der Waals surface area contributed by atoms with Crippen molar-refractivity contribution >= 4 is 85.7 Å². The number of carbonyl (C=O) groups is 3. The highest BCUT2D eigenvalue weighted by atomic mass is 127. The molecule has 0 aliphatic carbocycles. The summed E-state index contributed by atoms with van der Waals surface area (Å²) in [5.74, 6) is -0.606. The van der Waals surface area contributed by atoms with E-state index in [2.05, 4.69) is 4.90 Å². The van der Waals surface area contributed by atoms with Crippen molar-refractivity contribution in [3.8, 4) is 0 Å². The zero-order valence-electron chi connectivity index (χ0n) is 16.6. The number of hydrogen-bond acceptors (Lipinski definition) is 7. The van der Waals surface area contributed by atoms with Crippen molar-refractivity contribution in [2.45, 2.75) is 51.8 Å². The molecule has 0 N–H and O–H groups in total. The Bertz CT molecular complexity index is 408. The molecular weight excluding hydrogens is 707 g/mol. The fraction of sp³-hybridized carbons (Fsp3) is 0.833. The second kappa shape index (κ2) is 17.3. The molecule has 0 aromatic rings. The summed E-state index contributed by atoms with van der Waals surface area (Å²) in [7, 11) is 0.